The molecule has 0 bridgehead atoms. The lowest BCUT2D eigenvalue weighted by molar-refractivity contribution is -0.143. The third-order valence-electron chi connectivity index (χ3n) is 3.63. The van der Waals surface area contributed by atoms with Crippen LogP contribution in [0.3, 0.4) is 0 Å². The van der Waals surface area contributed by atoms with Gasteiger partial charge >= 0.3 is 12.4 Å². The maximum atomic E-state index is 12.8. The summed E-state index contributed by atoms with van der Waals surface area (Å²) in [4.78, 5) is 13.5. The van der Waals surface area contributed by atoms with E-state index in [1.54, 1.807) is 6.92 Å². The van der Waals surface area contributed by atoms with E-state index in [0.717, 1.165) is 4.90 Å². The molecule has 0 saturated heterocycles. The Hall–Kier alpha value is -1.73. The van der Waals surface area contributed by atoms with Crippen LogP contribution in [0.25, 0.3) is 0 Å². The van der Waals surface area contributed by atoms with Gasteiger partial charge in [0.25, 0.3) is 5.91 Å². The number of benzene rings is 1. The van der Waals surface area contributed by atoms with Gasteiger partial charge in [-0.2, -0.15) is 26.3 Å². The molecule has 1 atom stereocenters. The van der Waals surface area contributed by atoms with E-state index in [2.05, 4.69) is 0 Å². The van der Waals surface area contributed by atoms with Crippen molar-refractivity contribution in [3.8, 4) is 0 Å². The Morgan fingerprint density at radius 1 is 0.958 bits per heavy atom. The first-order valence-electron chi connectivity index (χ1n) is 7.30. The van der Waals surface area contributed by atoms with Crippen molar-refractivity contribution < 1.29 is 31.1 Å². The van der Waals surface area contributed by atoms with E-state index < -0.39 is 35.0 Å². The van der Waals surface area contributed by atoms with E-state index in [-0.39, 0.29) is 18.0 Å². The van der Waals surface area contributed by atoms with Gasteiger partial charge in [0.2, 0.25) is 0 Å². The molecule has 0 aliphatic carbocycles. The summed E-state index contributed by atoms with van der Waals surface area (Å²) >= 11 is 0. The molecule has 2 nitrogen and oxygen atoms in total. The van der Waals surface area contributed by atoms with Crippen LogP contribution >= 0.6 is 0 Å². The Morgan fingerprint density at radius 3 is 1.71 bits per heavy atom. The van der Waals surface area contributed by atoms with E-state index >= 15 is 0 Å². The molecule has 8 heteroatoms. The molecular formula is C16H19F6NO. The molecule has 1 unspecified atom stereocenters. The van der Waals surface area contributed by atoms with Crippen LogP contribution in [0.4, 0.5) is 26.3 Å². The van der Waals surface area contributed by atoms with Crippen LogP contribution < -0.4 is 0 Å². The van der Waals surface area contributed by atoms with Gasteiger partial charge in [0.1, 0.15) is 0 Å². The number of rotatable bonds is 4. The summed E-state index contributed by atoms with van der Waals surface area (Å²) in [7, 11) is 1.36. The van der Waals surface area contributed by atoms with Gasteiger partial charge in [0.15, 0.2) is 0 Å². The maximum Gasteiger partial charge on any atom is 0.416 e. The number of hydrogen-bond acceptors (Lipinski definition) is 1. The number of carbonyl (C=O) groups is 1. The lowest BCUT2D eigenvalue weighted by Crippen LogP contribution is -2.36. The average Bonchev–Trinajstić information content (AvgIpc) is 2.42. The second-order valence-corrected chi connectivity index (χ2v) is 6.19. The molecule has 0 N–H and O–H groups in total. The Labute approximate surface area is 136 Å². The van der Waals surface area contributed by atoms with Crippen molar-refractivity contribution in [1.82, 2.24) is 4.90 Å². The lowest BCUT2D eigenvalue weighted by Gasteiger charge is -2.27. The molecule has 136 valence electrons. The molecule has 0 aliphatic heterocycles. The minimum atomic E-state index is -4.97. The first-order chi connectivity index (χ1) is 10.7. The number of amides is 1. The SMILES string of the molecule is CC(C)CC(C)N(C)C(=O)c1cc(C(F)(F)F)cc(C(F)(F)F)c1. The standard InChI is InChI=1S/C16H19F6NO/c1-9(2)5-10(3)23(4)14(24)11-6-12(15(17,18)19)8-13(7-11)16(20,21)22/h6-10H,5H2,1-4H3. The number of carbonyl (C=O) groups excluding carboxylic acids is 1. The molecule has 0 fully saturated rings. The highest BCUT2D eigenvalue weighted by atomic mass is 19.4. The topological polar surface area (TPSA) is 20.3 Å². The Balaban J connectivity index is 3.29. The number of nitrogens with zero attached hydrogens (tertiary/aromatic N) is 1. The Morgan fingerprint density at radius 2 is 1.38 bits per heavy atom. The molecule has 0 spiro atoms. The van der Waals surface area contributed by atoms with E-state index in [9.17, 15) is 31.1 Å². The molecular weight excluding hydrogens is 336 g/mol. The predicted molar refractivity (Wildman–Crippen MR) is 77.5 cm³/mol. The smallest absolute Gasteiger partial charge is 0.339 e. The van der Waals surface area contributed by atoms with Gasteiger partial charge in [-0.3, -0.25) is 4.79 Å². The largest absolute Gasteiger partial charge is 0.416 e. The van der Waals surface area contributed by atoms with Crippen LogP contribution in [-0.2, 0) is 12.4 Å². The maximum absolute atomic E-state index is 12.8. The molecule has 0 aromatic heterocycles. The van der Waals surface area contributed by atoms with E-state index in [4.69, 9.17) is 0 Å². The van der Waals surface area contributed by atoms with Crippen molar-refractivity contribution in [2.45, 2.75) is 45.6 Å². The molecule has 0 saturated carbocycles. The van der Waals surface area contributed by atoms with Gasteiger partial charge in [-0.1, -0.05) is 13.8 Å². The molecule has 1 aromatic rings. The van der Waals surface area contributed by atoms with Crippen LogP contribution in [0.5, 0.6) is 0 Å². The van der Waals surface area contributed by atoms with Crippen molar-refractivity contribution in [2.24, 2.45) is 5.92 Å². The summed E-state index contributed by atoms with van der Waals surface area (Å²) in [6.45, 7) is 5.50. The quantitative estimate of drug-likeness (QED) is 0.677. The van der Waals surface area contributed by atoms with Crippen molar-refractivity contribution >= 4 is 5.91 Å². The normalized spacial score (nSPS) is 14.0. The van der Waals surface area contributed by atoms with Crippen LogP contribution in [0.2, 0.25) is 0 Å². The third-order valence-corrected chi connectivity index (χ3v) is 3.63. The number of hydrogen-bond donors (Lipinski definition) is 0. The highest BCUT2D eigenvalue weighted by Gasteiger charge is 2.38. The minimum Gasteiger partial charge on any atom is -0.339 e. The summed E-state index contributed by atoms with van der Waals surface area (Å²) in [5, 5.41) is 0. The first-order valence-corrected chi connectivity index (χ1v) is 7.30. The van der Waals surface area contributed by atoms with Crippen molar-refractivity contribution in [3.63, 3.8) is 0 Å². The van der Waals surface area contributed by atoms with Gasteiger partial charge in [0.05, 0.1) is 11.1 Å². The molecule has 1 aromatic carbocycles. The fraction of sp³-hybridized carbons (Fsp3) is 0.562. The number of halogens is 6. The summed E-state index contributed by atoms with van der Waals surface area (Å²) in [6, 6.07) is 0.599. The van der Waals surface area contributed by atoms with Gasteiger partial charge in [-0.25, -0.2) is 0 Å². The predicted octanol–water partition coefficient (Wildman–Crippen LogP) is 5.23. The summed E-state index contributed by atoms with van der Waals surface area (Å²) in [5.74, 6) is -0.651. The molecule has 1 rings (SSSR count). The second-order valence-electron chi connectivity index (χ2n) is 6.19. The Kier molecular flexibility index (Phi) is 5.95. The number of alkyl halides is 6. The monoisotopic (exact) mass is 355 g/mol. The molecule has 24 heavy (non-hydrogen) atoms. The van der Waals surface area contributed by atoms with Crippen LogP contribution in [-0.4, -0.2) is 23.9 Å². The molecule has 1 amide bonds. The zero-order valence-corrected chi connectivity index (χ0v) is 13.7. The van der Waals surface area contributed by atoms with Crippen LogP contribution in [0.15, 0.2) is 18.2 Å². The van der Waals surface area contributed by atoms with Gasteiger partial charge in [-0.15, -0.1) is 0 Å². The zero-order chi connectivity index (χ0) is 18.9. The van der Waals surface area contributed by atoms with E-state index in [0.29, 0.717) is 18.6 Å². The molecule has 0 heterocycles. The third kappa shape index (κ3) is 5.14. The second kappa shape index (κ2) is 7.03. The highest BCUT2D eigenvalue weighted by molar-refractivity contribution is 5.94. The molecule has 0 aliphatic rings. The zero-order valence-electron chi connectivity index (χ0n) is 13.7. The van der Waals surface area contributed by atoms with Gasteiger partial charge in [0, 0.05) is 18.7 Å². The summed E-state index contributed by atoms with van der Waals surface area (Å²) in [5.41, 5.74) is -3.62. The van der Waals surface area contributed by atoms with Crippen molar-refractivity contribution in [1.29, 1.82) is 0 Å². The first kappa shape index (κ1) is 20.3. The fourth-order valence-electron chi connectivity index (χ4n) is 2.32. The highest BCUT2D eigenvalue weighted by Crippen LogP contribution is 2.36. The van der Waals surface area contributed by atoms with Gasteiger partial charge in [-0.05, 0) is 37.5 Å². The Bertz CT molecular complexity index is 559. The van der Waals surface area contributed by atoms with Crippen LogP contribution in [0.1, 0.15) is 48.7 Å². The van der Waals surface area contributed by atoms with Crippen LogP contribution in [0, 0.1) is 5.92 Å². The molecule has 0 radical (unpaired) electrons. The van der Waals surface area contributed by atoms with Gasteiger partial charge < -0.3 is 4.90 Å². The fourth-order valence-corrected chi connectivity index (χ4v) is 2.32. The summed E-state index contributed by atoms with van der Waals surface area (Å²) in [6.07, 6.45) is -9.37. The van der Waals surface area contributed by atoms with E-state index in [1.165, 1.54) is 7.05 Å². The lowest BCUT2D eigenvalue weighted by atomic mass is 10.0. The minimum absolute atomic E-state index is 0.00826. The van der Waals surface area contributed by atoms with Crippen molar-refractivity contribution in [3.05, 3.63) is 34.9 Å². The van der Waals surface area contributed by atoms with Crippen molar-refractivity contribution in [2.75, 3.05) is 7.05 Å². The average molecular weight is 355 g/mol. The van der Waals surface area contributed by atoms with E-state index in [1.807, 2.05) is 13.8 Å². The summed E-state index contributed by atoms with van der Waals surface area (Å²) < 4.78 is 77.0.